The molecule has 10 heteroatoms. The highest BCUT2D eigenvalue weighted by Crippen LogP contribution is 2.39. The average Bonchev–Trinajstić information content (AvgIpc) is 2.82. The van der Waals surface area contributed by atoms with Gasteiger partial charge in [0, 0.05) is 33.6 Å². The third-order valence-electron chi connectivity index (χ3n) is 5.46. The molecule has 2 heterocycles. The Morgan fingerprint density at radius 2 is 1.66 bits per heavy atom. The van der Waals surface area contributed by atoms with E-state index in [-0.39, 0.29) is 16.9 Å². The third kappa shape index (κ3) is 4.68. The van der Waals surface area contributed by atoms with Crippen molar-refractivity contribution in [1.29, 1.82) is 0 Å². The molecule has 0 atom stereocenters. The van der Waals surface area contributed by atoms with Gasteiger partial charge in [0.05, 0.1) is 16.4 Å². The Bertz CT molecular complexity index is 1560. The van der Waals surface area contributed by atoms with E-state index in [9.17, 15) is 19.5 Å². The lowest BCUT2D eigenvalue weighted by Gasteiger charge is -2.18. The molecule has 0 aliphatic rings. The summed E-state index contributed by atoms with van der Waals surface area (Å²) in [5.74, 6) is -1.32. The quantitative estimate of drug-likeness (QED) is 0.338. The second-order valence-electron chi connectivity index (χ2n) is 7.76. The van der Waals surface area contributed by atoms with Gasteiger partial charge < -0.3 is 10.4 Å². The molecule has 1 amide bonds. The van der Waals surface area contributed by atoms with Gasteiger partial charge in [-0.2, -0.15) is 0 Å². The van der Waals surface area contributed by atoms with Gasteiger partial charge in [-0.15, -0.1) is 0 Å². The molecule has 4 aromatic rings. The minimum Gasteiger partial charge on any atom is -0.387 e. The molecule has 0 spiro atoms. The smallest absolute Gasteiger partial charge is 0.264 e. The van der Waals surface area contributed by atoms with Gasteiger partial charge in [-0.05, 0) is 48.9 Å². The molecule has 35 heavy (non-hydrogen) atoms. The molecule has 2 aromatic carbocycles. The second-order valence-corrected chi connectivity index (χ2v) is 9.04. The number of carbonyl (C=O) groups is 2. The van der Waals surface area contributed by atoms with Gasteiger partial charge in [0.25, 0.3) is 5.56 Å². The van der Waals surface area contributed by atoms with Crippen LogP contribution in [0, 0.1) is 0 Å². The van der Waals surface area contributed by atoms with Crippen molar-refractivity contribution < 1.29 is 14.7 Å². The van der Waals surface area contributed by atoms with Crippen LogP contribution in [-0.2, 0) is 11.8 Å². The standard InChI is InChI=1S/C25H18Cl3N3O4/c1-12(33)21-23(29-20(34)11-32)18-10-17(13-3-5-14(26)6-4-13)22(30-24(18)31(2)25(21)35)16-8-7-15(27)9-19(16)28/h3-10,32H,11H2,1-2H3,(H,29,34). The van der Waals surface area contributed by atoms with E-state index in [1.807, 2.05) is 0 Å². The lowest BCUT2D eigenvalue weighted by atomic mass is 9.96. The highest BCUT2D eigenvalue weighted by atomic mass is 35.5. The number of aryl methyl sites for hydroxylation is 1. The summed E-state index contributed by atoms with van der Waals surface area (Å²) in [6.45, 7) is 0.399. The molecule has 0 aliphatic carbocycles. The van der Waals surface area contributed by atoms with Crippen LogP contribution in [0.5, 0.6) is 0 Å². The molecule has 0 fully saturated rings. The van der Waals surface area contributed by atoms with Gasteiger partial charge in [-0.3, -0.25) is 19.0 Å². The third-order valence-corrected chi connectivity index (χ3v) is 6.26. The van der Waals surface area contributed by atoms with Crippen LogP contribution in [0.25, 0.3) is 33.4 Å². The number of aliphatic hydroxyl groups excluding tert-OH is 1. The van der Waals surface area contributed by atoms with E-state index in [0.717, 1.165) is 5.56 Å². The second kappa shape index (κ2) is 9.79. The number of pyridine rings is 2. The lowest BCUT2D eigenvalue weighted by molar-refractivity contribution is -0.118. The van der Waals surface area contributed by atoms with E-state index < -0.39 is 23.9 Å². The van der Waals surface area contributed by atoms with Gasteiger partial charge in [-0.1, -0.05) is 46.9 Å². The lowest BCUT2D eigenvalue weighted by Crippen LogP contribution is -2.28. The largest absolute Gasteiger partial charge is 0.387 e. The number of fused-ring (bicyclic) bond motifs is 1. The average molecular weight is 531 g/mol. The highest BCUT2D eigenvalue weighted by molar-refractivity contribution is 6.36. The summed E-state index contributed by atoms with van der Waals surface area (Å²) in [7, 11) is 1.48. The Hall–Kier alpha value is -3.23. The summed E-state index contributed by atoms with van der Waals surface area (Å²) < 4.78 is 1.24. The molecule has 178 valence electrons. The zero-order valence-corrected chi connectivity index (χ0v) is 20.8. The minimum atomic E-state index is -0.829. The van der Waals surface area contributed by atoms with Gasteiger partial charge >= 0.3 is 0 Å². The highest BCUT2D eigenvalue weighted by Gasteiger charge is 2.24. The predicted molar refractivity (Wildman–Crippen MR) is 139 cm³/mol. The Morgan fingerprint density at radius 1 is 1.00 bits per heavy atom. The fraction of sp³-hybridized carbons (Fsp3) is 0.120. The maximum atomic E-state index is 13.1. The first-order chi connectivity index (χ1) is 16.6. The molecule has 2 aromatic heterocycles. The van der Waals surface area contributed by atoms with E-state index in [2.05, 4.69) is 5.32 Å². The van der Waals surface area contributed by atoms with Crippen LogP contribution in [0.1, 0.15) is 17.3 Å². The van der Waals surface area contributed by atoms with E-state index in [1.165, 1.54) is 18.5 Å². The Kier molecular flexibility index (Phi) is 6.96. The molecule has 0 aliphatic heterocycles. The number of Topliss-reactive ketones (excluding diaryl/α,β-unsaturated/α-hetero) is 1. The topological polar surface area (TPSA) is 101 Å². The molecule has 4 rings (SSSR count). The first kappa shape index (κ1) is 24.9. The van der Waals surface area contributed by atoms with E-state index in [1.54, 1.807) is 48.5 Å². The molecular weight excluding hydrogens is 513 g/mol. The predicted octanol–water partition coefficient (Wildman–Crippen LogP) is 5.36. The van der Waals surface area contributed by atoms with Gasteiger partial charge in [-0.25, -0.2) is 4.98 Å². The first-order valence-electron chi connectivity index (χ1n) is 10.3. The number of hydrogen-bond acceptors (Lipinski definition) is 5. The number of nitrogens with one attached hydrogen (secondary N) is 1. The fourth-order valence-electron chi connectivity index (χ4n) is 3.82. The number of rotatable bonds is 5. The van der Waals surface area contributed by atoms with Crippen molar-refractivity contribution in [2.24, 2.45) is 7.05 Å². The number of aliphatic hydroxyl groups is 1. The van der Waals surface area contributed by atoms with Gasteiger partial charge in [0.1, 0.15) is 17.8 Å². The number of aromatic nitrogens is 2. The molecule has 0 bridgehead atoms. The van der Waals surface area contributed by atoms with Crippen molar-refractivity contribution in [3.8, 4) is 22.4 Å². The molecule has 0 unspecified atom stereocenters. The molecule has 7 nitrogen and oxygen atoms in total. The van der Waals surface area contributed by atoms with Crippen molar-refractivity contribution in [1.82, 2.24) is 9.55 Å². The van der Waals surface area contributed by atoms with E-state index >= 15 is 0 Å². The maximum absolute atomic E-state index is 13.1. The summed E-state index contributed by atoms with van der Waals surface area (Å²) in [6.07, 6.45) is 0. The van der Waals surface area contributed by atoms with Crippen LogP contribution in [0.2, 0.25) is 15.1 Å². The van der Waals surface area contributed by atoms with Crippen LogP contribution in [0.3, 0.4) is 0 Å². The molecular formula is C25H18Cl3N3O4. The van der Waals surface area contributed by atoms with Crippen molar-refractivity contribution in [3.05, 3.63) is 79.5 Å². The van der Waals surface area contributed by atoms with Gasteiger partial charge in [0.15, 0.2) is 5.78 Å². The number of ketones is 1. The SMILES string of the molecule is CC(=O)c1c(NC(=O)CO)c2cc(-c3ccc(Cl)cc3)c(-c3ccc(Cl)cc3Cl)nc2n(C)c1=O. The number of benzene rings is 2. The summed E-state index contributed by atoms with van der Waals surface area (Å²) in [5, 5.41) is 13.4. The Labute approximate surface area is 214 Å². The zero-order chi connectivity index (χ0) is 25.4. The van der Waals surface area contributed by atoms with E-state index in [4.69, 9.17) is 39.8 Å². The number of carbonyl (C=O) groups excluding carboxylic acids is 2. The molecule has 0 radical (unpaired) electrons. The van der Waals surface area contributed by atoms with Crippen molar-refractivity contribution in [2.75, 3.05) is 11.9 Å². The summed E-state index contributed by atoms with van der Waals surface area (Å²) in [6, 6.07) is 13.7. The number of amides is 1. The number of halogens is 3. The Morgan fingerprint density at radius 3 is 2.26 bits per heavy atom. The van der Waals surface area contributed by atoms with Crippen LogP contribution in [0.15, 0.2) is 53.3 Å². The zero-order valence-electron chi connectivity index (χ0n) is 18.5. The summed E-state index contributed by atoms with van der Waals surface area (Å²) in [5.41, 5.74) is 1.66. The normalized spacial score (nSPS) is 11.0. The van der Waals surface area contributed by atoms with Crippen molar-refractivity contribution >= 4 is 63.2 Å². The monoisotopic (exact) mass is 529 g/mol. The Balaban J connectivity index is 2.18. The minimum absolute atomic E-state index is 0.0221. The first-order valence-corrected chi connectivity index (χ1v) is 11.5. The molecule has 0 saturated heterocycles. The summed E-state index contributed by atoms with van der Waals surface area (Å²) >= 11 is 18.7. The van der Waals surface area contributed by atoms with Gasteiger partial charge in [0.2, 0.25) is 5.91 Å². The number of nitrogens with zero attached hydrogens (tertiary/aromatic N) is 2. The van der Waals surface area contributed by atoms with Crippen molar-refractivity contribution in [3.63, 3.8) is 0 Å². The van der Waals surface area contributed by atoms with Crippen LogP contribution in [-0.4, -0.2) is 33.0 Å². The van der Waals surface area contributed by atoms with Crippen molar-refractivity contribution in [2.45, 2.75) is 6.92 Å². The van der Waals surface area contributed by atoms with Crippen LogP contribution in [0.4, 0.5) is 5.69 Å². The fourth-order valence-corrected chi connectivity index (χ4v) is 4.44. The number of anilines is 1. The molecule has 0 saturated carbocycles. The van der Waals surface area contributed by atoms with Crippen LogP contribution >= 0.6 is 34.8 Å². The molecule has 2 N–H and O–H groups in total. The van der Waals surface area contributed by atoms with Crippen LogP contribution < -0.4 is 10.9 Å². The maximum Gasteiger partial charge on any atom is 0.264 e. The number of hydrogen-bond donors (Lipinski definition) is 2. The van der Waals surface area contributed by atoms with E-state index in [0.29, 0.717) is 37.3 Å². The summed E-state index contributed by atoms with van der Waals surface area (Å²) in [4.78, 5) is 42.4.